The van der Waals surface area contributed by atoms with Gasteiger partial charge in [-0.15, -0.1) is 23.2 Å². The molecule has 0 aromatic carbocycles. The Labute approximate surface area is 117 Å². The van der Waals surface area contributed by atoms with E-state index in [-0.39, 0.29) is 5.91 Å². The first-order chi connectivity index (χ1) is 8.08. The summed E-state index contributed by atoms with van der Waals surface area (Å²) in [4.78, 5) is 13.9. The maximum atomic E-state index is 12.2. The van der Waals surface area contributed by atoms with Crippen molar-refractivity contribution >= 4 is 39.1 Å². The van der Waals surface area contributed by atoms with Crippen molar-refractivity contribution < 1.29 is 13.2 Å². The third-order valence-electron chi connectivity index (χ3n) is 3.72. The fraction of sp³-hybridized carbons (Fsp3) is 0.900. The van der Waals surface area contributed by atoms with Crippen LogP contribution in [0.4, 0.5) is 0 Å². The van der Waals surface area contributed by atoms with Crippen LogP contribution in [0.3, 0.4) is 0 Å². The first-order valence-corrected chi connectivity index (χ1v) is 8.31. The third-order valence-corrected chi connectivity index (χ3v) is 6.13. The quantitative estimate of drug-likeness (QED) is 0.704. The van der Waals surface area contributed by atoms with E-state index in [1.807, 2.05) is 0 Å². The monoisotopic (exact) mass is 314 g/mol. The average molecular weight is 315 g/mol. The first kappa shape index (κ1) is 14.4. The van der Waals surface area contributed by atoms with E-state index >= 15 is 0 Å². The molecule has 1 aliphatic carbocycles. The summed E-state index contributed by atoms with van der Waals surface area (Å²) >= 11 is 12.0. The van der Waals surface area contributed by atoms with Crippen LogP contribution in [-0.2, 0) is 14.8 Å². The molecular formula is C10H16Cl2N2O3S. The molecule has 0 aromatic heterocycles. The number of amides is 1. The largest absolute Gasteiger partial charge is 0.339 e. The Balaban J connectivity index is 1.98. The third kappa shape index (κ3) is 2.35. The average Bonchev–Trinajstić information content (AvgIpc) is 2.77. The van der Waals surface area contributed by atoms with Crippen molar-refractivity contribution in [3.05, 3.63) is 0 Å². The Bertz CT molecular complexity index is 472. The van der Waals surface area contributed by atoms with Crippen LogP contribution >= 0.6 is 23.2 Å². The summed E-state index contributed by atoms with van der Waals surface area (Å²) in [6.45, 7) is 3.20. The number of hydrogen-bond donors (Lipinski definition) is 0. The minimum Gasteiger partial charge on any atom is -0.339 e. The molecule has 18 heavy (non-hydrogen) atoms. The lowest BCUT2D eigenvalue weighted by molar-refractivity contribution is -0.137. The summed E-state index contributed by atoms with van der Waals surface area (Å²) in [5.41, 5.74) is -0.719. The van der Waals surface area contributed by atoms with E-state index < -0.39 is 19.8 Å². The zero-order chi connectivity index (χ0) is 13.8. The van der Waals surface area contributed by atoms with Crippen molar-refractivity contribution in [2.24, 2.45) is 5.41 Å². The van der Waals surface area contributed by atoms with Crippen LogP contribution in [0.2, 0.25) is 0 Å². The van der Waals surface area contributed by atoms with Crippen molar-refractivity contribution in [1.82, 2.24) is 9.21 Å². The van der Waals surface area contributed by atoms with Crippen molar-refractivity contribution in [3.63, 3.8) is 0 Å². The predicted molar refractivity (Wildman–Crippen MR) is 70.2 cm³/mol. The van der Waals surface area contributed by atoms with E-state index in [2.05, 4.69) is 0 Å². The van der Waals surface area contributed by atoms with Gasteiger partial charge in [0.1, 0.15) is 4.33 Å². The van der Waals surface area contributed by atoms with Gasteiger partial charge in [0.25, 0.3) is 0 Å². The molecule has 2 fully saturated rings. The Kier molecular flexibility index (Phi) is 3.38. The number of carbonyl (C=O) groups is 1. The molecule has 1 amide bonds. The van der Waals surface area contributed by atoms with Crippen LogP contribution < -0.4 is 0 Å². The summed E-state index contributed by atoms with van der Waals surface area (Å²) in [7, 11) is -3.17. The SMILES string of the molecule is CC1(C(=O)N2CCN(S(C)(=O)=O)CC2)CC1(Cl)Cl. The highest BCUT2D eigenvalue weighted by Crippen LogP contribution is 2.64. The van der Waals surface area contributed by atoms with E-state index in [1.165, 1.54) is 10.6 Å². The summed E-state index contributed by atoms with van der Waals surface area (Å²) in [5.74, 6) is -0.0827. The van der Waals surface area contributed by atoms with Gasteiger partial charge in [-0.25, -0.2) is 8.42 Å². The summed E-state index contributed by atoms with van der Waals surface area (Å²) in [5, 5.41) is 0. The molecule has 0 aromatic rings. The zero-order valence-corrected chi connectivity index (χ0v) is 12.6. The van der Waals surface area contributed by atoms with Crippen molar-refractivity contribution in [1.29, 1.82) is 0 Å². The Morgan fingerprint density at radius 3 is 1.94 bits per heavy atom. The Hall–Kier alpha value is -0.0400. The second-order valence-corrected chi connectivity index (χ2v) is 8.63. The number of alkyl halides is 2. The van der Waals surface area contributed by atoms with Gasteiger partial charge >= 0.3 is 0 Å². The summed E-state index contributed by atoms with van der Waals surface area (Å²) in [6.07, 6.45) is 1.63. The van der Waals surface area contributed by atoms with Gasteiger partial charge in [0.05, 0.1) is 11.7 Å². The number of nitrogens with zero attached hydrogens (tertiary/aromatic N) is 2. The predicted octanol–water partition coefficient (Wildman–Crippen LogP) is 0.674. The molecule has 1 saturated carbocycles. The van der Waals surface area contributed by atoms with Gasteiger partial charge in [-0.1, -0.05) is 0 Å². The standard InChI is InChI=1S/C10H16Cl2N2O3S/c1-9(7-10(9,11)12)8(15)13-3-5-14(6-4-13)18(2,16)17/h3-7H2,1-2H3. The number of rotatable bonds is 2. The number of carbonyl (C=O) groups excluding carboxylic acids is 1. The van der Waals surface area contributed by atoms with Gasteiger partial charge in [-0.05, 0) is 13.3 Å². The van der Waals surface area contributed by atoms with Gasteiger partial charge in [-0.3, -0.25) is 4.79 Å². The molecule has 0 bridgehead atoms. The van der Waals surface area contributed by atoms with E-state index in [9.17, 15) is 13.2 Å². The molecule has 0 radical (unpaired) electrons. The topological polar surface area (TPSA) is 57.7 Å². The molecule has 2 rings (SSSR count). The molecule has 2 aliphatic rings. The lowest BCUT2D eigenvalue weighted by Crippen LogP contribution is -2.52. The molecule has 1 atom stereocenters. The van der Waals surface area contributed by atoms with Crippen molar-refractivity contribution in [2.45, 2.75) is 17.7 Å². The van der Waals surface area contributed by atoms with E-state index in [1.54, 1.807) is 11.8 Å². The molecule has 0 spiro atoms. The van der Waals surface area contributed by atoms with Crippen LogP contribution in [0.15, 0.2) is 0 Å². The molecule has 8 heteroatoms. The van der Waals surface area contributed by atoms with Gasteiger partial charge in [0, 0.05) is 26.2 Å². The highest BCUT2D eigenvalue weighted by Gasteiger charge is 2.68. The Morgan fingerprint density at radius 2 is 1.61 bits per heavy atom. The number of sulfonamides is 1. The lowest BCUT2D eigenvalue weighted by Gasteiger charge is -2.35. The molecule has 1 saturated heterocycles. The van der Waals surface area contributed by atoms with Crippen LogP contribution in [0, 0.1) is 5.41 Å². The normalized spacial score (nSPS) is 32.3. The molecular weight excluding hydrogens is 299 g/mol. The van der Waals surface area contributed by atoms with Crippen LogP contribution in [0.1, 0.15) is 13.3 Å². The number of hydrogen-bond acceptors (Lipinski definition) is 3. The zero-order valence-electron chi connectivity index (χ0n) is 10.3. The molecule has 104 valence electrons. The highest BCUT2D eigenvalue weighted by atomic mass is 35.5. The molecule has 5 nitrogen and oxygen atoms in total. The Morgan fingerprint density at radius 1 is 1.17 bits per heavy atom. The molecule has 1 heterocycles. The maximum absolute atomic E-state index is 12.2. The highest BCUT2D eigenvalue weighted by molar-refractivity contribution is 7.88. The van der Waals surface area contributed by atoms with Gasteiger partial charge in [0.2, 0.25) is 15.9 Å². The van der Waals surface area contributed by atoms with E-state index in [0.29, 0.717) is 32.6 Å². The maximum Gasteiger partial charge on any atom is 0.231 e. The lowest BCUT2D eigenvalue weighted by atomic mass is 10.1. The first-order valence-electron chi connectivity index (χ1n) is 5.70. The summed E-state index contributed by atoms with van der Waals surface area (Å²) in [6, 6.07) is 0. The second-order valence-electron chi connectivity index (χ2n) is 5.17. The van der Waals surface area contributed by atoms with E-state index in [4.69, 9.17) is 23.2 Å². The number of halogens is 2. The van der Waals surface area contributed by atoms with Crippen LogP contribution in [0.25, 0.3) is 0 Å². The number of piperazine rings is 1. The van der Waals surface area contributed by atoms with Gasteiger partial charge in [-0.2, -0.15) is 4.31 Å². The van der Waals surface area contributed by atoms with Gasteiger partial charge < -0.3 is 4.90 Å². The van der Waals surface area contributed by atoms with Crippen molar-refractivity contribution in [3.8, 4) is 0 Å². The summed E-state index contributed by atoms with van der Waals surface area (Å²) < 4.78 is 23.1. The molecule has 0 N–H and O–H groups in total. The minimum absolute atomic E-state index is 0.0827. The second kappa shape index (κ2) is 4.23. The van der Waals surface area contributed by atoms with E-state index in [0.717, 1.165) is 0 Å². The fourth-order valence-corrected chi connectivity index (χ4v) is 3.73. The molecule has 1 aliphatic heterocycles. The minimum atomic E-state index is -3.17. The van der Waals surface area contributed by atoms with Gasteiger partial charge in [0.15, 0.2) is 0 Å². The van der Waals surface area contributed by atoms with Crippen LogP contribution in [0.5, 0.6) is 0 Å². The molecule has 1 unspecified atom stereocenters. The smallest absolute Gasteiger partial charge is 0.231 e. The van der Waals surface area contributed by atoms with Crippen molar-refractivity contribution in [2.75, 3.05) is 32.4 Å². The fourth-order valence-electron chi connectivity index (χ4n) is 2.20. The van der Waals surface area contributed by atoms with Crippen LogP contribution in [-0.4, -0.2) is 60.3 Å².